The Morgan fingerprint density at radius 1 is 1.12 bits per heavy atom. The number of sulfonamides is 1. The van der Waals surface area contributed by atoms with E-state index in [9.17, 15) is 22.8 Å². The molecular weight excluding hydrogens is 456 g/mol. The summed E-state index contributed by atoms with van der Waals surface area (Å²) < 4.78 is 27.5. The van der Waals surface area contributed by atoms with Crippen LogP contribution in [0.3, 0.4) is 0 Å². The molecule has 0 radical (unpaired) electrons. The van der Waals surface area contributed by atoms with Gasteiger partial charge in [-0.15, -0.1) is 0 Å². The van der Waals surface area contributed by atoms with Crippen molar-refractivity contribution in [1.29, 1.82) is 0 Å². The molecule has 1 aliphatic carbocycles. The van der Waals surface area contributed by atoms with Crippen LogP contribution in [-0.2, 0) is 14.8 Å². The maximum Gasteiger partial charge on any atom is 0.326 e. The van der Waals surface area contributed by atoms with Crippen LogP contribution in [-0.4, -0.2) is 78.6 Å². The van der Waals surface area contributed by atoms with Gasteiger partial charge in [0.25, 0.3) is 5.91 Å². The first-order valence-corrected chi connectivity index (χ1v) is 13.2. The van der Waals surface area contributed by atoms with Crippen molar-refractivity contribution < 1.29 is 22.8 Å². The molecule has 2 heterocycles. The minimum Gasteiger partial charge on any atom is -0.323 e. The van der Waals surface area contributed by atoms with Crippen molar-refractivity contribution in [3.8, 4) is 0 Å². The Bertz CT molecular complexity index is 1110. The van der Waals surface area contributed by atoms with E-state index in [-0.39, 0.29) is 47.8 Å². The molecule has 2 aliphatic heterocycles. The van der Waals surface area contributed by atoms with E-state index in [4.69, 9.17) is 0 Å². The number of amides is 3. The third-order valence-electron chi connectivity index (χ3n) is 7.18. The van der Waals surface area contributed by atoms with Crippen LogP contribution in [0.25, 0.3) is 0 Å². The SMILES string of the molecule is CC(=O)c1cccc(S(=O)(=O)N2CCN(CN3C(=O)N[C@]4(C[C@@H](C)CC(C)(C)C4)C3=O)CC2)c1. The molecule has 1 N–H and O–H groups in total. The average molecular weight is 491 g/mol. The zero-order valence-corrected chi connectivity index (χ0v) is 21.2. The van der Waals surface area contributed by atoms with Gasteiger partial charge in [-0.3, -0.25) is 14.5 Å². The topological polar surface area (TPSA) is 107 Å². The second-order valence-corrected chi connectivity index (χ2v) is 12.8. The molecule has 1 spiro atoms. The molecule has 9 nitrogen and oxygen atoms in total. The summed E-state index contributed by atoms with van der Waals surface area (Å²) in [5.41, 5.74) is -0.519. The van der Waals surface area contributed by atoms with Gasteiger partial charge in [-0.1, -0.05) is 32.9 Å². The molecule has 0 aromatic heterocycles. The number of nitrogens with one attached hydrogen (secondary N) is 1. The number of Topliss-reactive ketones (excluding diaryl/α,β-unsaturated/α-hetero) is 1. The van der Waals surface area contributed by atoms with Crippen molar-refractivity contribution in [3.63, 3.8) is 0 Å². The Balaban J connectivity index is 1.41. The highest BCUT2D eigenvalue weighted by molar-refractivity contribution is 7.89. The van der Waals surface area contributed by atoms with E-state index >= 15 is 0 Å². The van der Waals surface area contributed by atoms with E-state index in [2.05, 4.69) is 26.1 Å². The van der Waals surface area contributed by atoms with Crippen molar-refractivity contribution in [1.82, 2.24) is 19.4 Å². The first-order chi connectivity index (χ1) is 15.8. The highest BCUT2D eigenvalue weighted by Crippen LogP contribution is 2.46. The van der Waals surface area contributed by atoms with Gasteiger partial charge in [0.2, 0.25) is 10.0 Å². The van der Waals surface area contributed by atoms with Gasteiger partial charge < -0.3 is 5.32 Å². The molecule has 4 rings (SSSR count). The third kappa shape index (κ3) is 4.63. The van der Waals surface area contributed by atoms with E-state index in [1.807, 2.05) is 4.90 Å². The number of ketones is 1. The summed E-state index contributed by atoms with van der Waals surface area (Å²) in [4.78, 5) is 41.1. The normalized spacial score (nSPS) is 28.4. The molecule has 2 atom stereocenters. The van der Waals surface area contributed by atoms with Gasteiger partial charge in [0.15, 0.2) is 5.78 Å². The lowest BCUT2D eigenvalue weighted by molar-refractivity contribution is -0.136. The lowest BCUT2D eigenvalue weighted by Crippen LogP contribution is -2.55. The first kappa shape index (κ1) is 24.8. The summed E-state index contributed by atoms with van der Waals surface area (Å²) >= 11 is 0. The molecule has 1 saturated carbocycles. The van der Waals surface area contributed by atoms with Crippen LogP contribution in [0.4, 0.5) is 4.79 Å². The Hall–Kier alpha value is -2.30. The van der Waals surface area contributed by atoms with Gasteiger partial charge in [-0.25, -0.2) is 18.1 Å². The molecule has 2 saturated heterocycles. The fourth-order valence-electron chi connectivity index (χ4n) is 5.97. The van der Waals surface area contributed by atoms with Gasteiger partial charge in [-0.05, 0) is 49.7 Å². The van der Waals surface area contributed by atoms with Gasteiger partial charge >= 0.3 is 6.03 Å². The molecule has 3 aliphatic rings. The minimum absolute atomic E-state index is 0.0315. The quantitative estimate of drug-likeness (QED) is 0.501. The van der Waals surface area contributed by atoms with E-state index < -0.39 is 15.6 Å². The fraction of sp³-hybridized carbons (Fsp3) is 0.625. The average Bonchev–Trinajstić information content (AvgIpc) is 2.96. The lowest BCUT2D eigenvalue weighted by atomic mass is 9.64. The van der Waals surface area contributed by atoms with Crippen LogP contribution in [0.15, 0.2) is 29.2 Å². The summed E-state index contributed by atoms with van der Waals surface area (Å²) in [6, 6.07) is 5.70. The van der Waals surface area contributed by atoms with E-state index in [0.717, 1.165) is 6.42 Å². The van der Waals surface area contributed by atoms with Crippen LogP contribution in [0.1, 0.15) is 57.3 Å². The number of hydrogen-bond donors (Lipinski definition) is 1. The summed E-state index contributed by atoms with van der Waals surface area (Å²) in [6.45, 7) is 9.23. The van der Waals surface area contributed by atoms with Crippen LogP contribution in [0, 0.1) is 11.3 Å². The predicted molar refractivity (Wildman–Crippen MR) is 127 cm³/mol. The number of carbonyl (C=O) groups excluding carboxylic acids is 3. The summed E-state index contributed by atoms with van der Waals surface area (Å²) in [7, 11) is -3.74. The Morgan fingerprint density at radius 2 is 1.79 bits per heavy atom. The van der Waals surface area contributed by atoms with Crippen molar-refractivity contribution in [2.24, 2.45) is 11.3 Å². The van der Waals surface area contributed by atoms with E-state index in [0.29, 0.717) is 37.4 Å². The third-order valence-corrected chi connectivity index (χ3v) is 9.07. The maximum atomic E-state index is 13.4. The molecule has 3 fully saturated rings. The van der Waals surface area contributed by atoms with Gasteiger partial charge in [0, 0.05) is 31.7 Å². The van der Waals surface area contributed by atoms with E-state index in [1.54, 1.807) is 12.1 Å². The molecular formula is C24H34N4O5S. The first-order valence-electron chi connectivity index (χ1n) is 11.8. The molecule has 1 aromatic rings. The summed E-state index contributed by atoms with van der Waals surface area (Å²) in [6.07, 6.45) is 2.28. The Morgan fingerprint density at radius 3 is 2.41 bits per heavy atom. The standard InChI is InChI=1S/C24H34N4O5S/c1-17-13-23(3,4)15-24(14-17)21(30)28(22(31)25-24)16-26-8-10-27(11-9-26)34(32,33)20-7-5-6-19(12-20)18(2)29/h5-7,12,17H,8-11,13-16H2,1-4H3,(H,25,31)/t17-,24-/m0/s1. The Kier molecular flexibility index (Phi) is 6.37. The highest BCUT2D eigenvalue weighted by atomic mass is 32.2. The zero-order chi connectivity index (χ0) is 24.9. The second kappa shape index (κ2) is 8.73. The number of nitrogens with zero attached hydrogens (tertiary/aromatic N) is 3. The fourth-order valence-corrected chi connectivity index (χ4v) is 7.44. The van der Waals surface area contributed by atoms with Crippen molar-refractivity contribution >= 4 is 27.7 Å². The summed E-state index contributed by atoms with van der Waals surface area (Å²) in [5.74, 6) is -0.0274. The maximum absolute atomic E-state index is 13.4. The molecule has 186 valence electrons. The van der Waals surface area contributed by atoms with Crippen molar-refractivity contribution in [3.05, 3.63) is 29.8 Å². The van der Waals surface area contributed by atoms with Crippen LogP contribution in [0.5, 0.6) is 0 Å². The number of rotatable bonds is 5. The zero-order valence-electron chi connectivity index (χ0n) is 20.3. The van der Waals surface area contributed by atoms with E-state index in [1.165, 1.54) is 28.3 Å². The highest BCUT2D eigenvalue weighted by Gasteiger charge is 2.56. The second-order valence-electron chi connectivity index (χ2n) is 10.8. The molecule has 1 aromatic carbocycles. The Labute approximate surface area is 201 Å². The largest absolute Gasteiger partial charge is 0.326 e. The number of benzene rings is 1. The van der Waals surface area contributed by atoms with Gasteiger partial charge in [0.1, 0.15) is 5.54 Å². The lowest BCUT2D eigenvalue weighted by Gasteiger charge is -2.44. The van der Waals surface area contributed by atoms with Crippen molar-refractivity contribution in [2.75, 3.05) is 32.8 Å². The van der Waals surface area contributed by atoms with Gasteiger partial charge in [0.05, 0.1) is 11.6 Å². The van der Waals surface area contributed by atoms with Crippen LogP contribution < -0.4 is 5.32 Å². The number of urea groups is 1. The smallest absolute Gasteiger partial charge is 0.323 e. The molecule has 10 heteroatoms. The predicted octanol–water partition coefficient (Wildman–Crippen LogP) is 2.29. The number of hydrogen-bond acceptors (Lipinski definition) is 6. The number of imide groups is 1. The summed E-state index contributed by atoms with van der Waals surface area (Å²) in [5, 5.41) is 2.99. The minimum atomic E-state index is -3.74. The van der Waals surface area contributed by atoms with Crippen LogP contribution >= 0.6 is 0 Å². The molecule has 0 bridgehead atoms. The van der Waals surface area contributed by atoms with Crippen LogP contribution in [0.2, 0.25) is 0 Å². The van der Waals surface area contributed by atoms with Gasteiger partial charge in [-0.2, -0.15) is 4.31 Å². The molecule has 3 amide bonds. The number of piperazine rings is 1. The molecule has 34 heavy (non-hydrogen) atoms. The monoisotopic (exact) mass is 490 g/mol. The molecule has 0 unspecified atom stereocenters. The number of carbonyl (C=O) groups is 3. The van der Waals surface area contributed by atoms with Crippen molar-refractivity contribution in [2.45, 2.75) is 57.4 Å².